The first kappa shape index (κ1) is 22.4. The van der Waals surface area contributed by atoms with Gasteiger partial charge in [-0.3, -0.25) is 9.59 Å². The van der Waals surface area contributed by atoms with Crippen molar-refractivity contribution in [2.24, 2.45) is 0 Å². The molecule has 0 aromatic rings. The Labute approximate surface area is 144 Å². The van der Waals surface area contributed by atoms with Crippen LogP contribution in [0.15, 0.2) is 0 Å². The molecule has 0 heterocycles. The average Bonchev–Trinajstić information content (AvgIpc) is 2.34. The number of rotatable bonds is 8. The van der Waals surface area contributed by atoms with Crippen molar-refractivity contribution in [3.05, 3.63) is 0 Å². The molecule has 6 heteroatoms. The Morgan fingerprint density at radius 2 is 0.870 bits per heavy atom. The summed E-state index contributed by atoms with van der Waals surface area (Å²) in [6.45, 7) is 20.1. The van der Waals surface area contributed by atoms with Gasteiger partial charge in [-0.2, -0.15) is 0 Å². The van der Waals surface area contributed by atoms with Crippen molar-refractivity contribution < 1.29 is 18.4 Å². The molecule has 0 aliphatic carbocycles. The van der Waals surface area contributed by atoms with Gasteiger partial charge >= 0.3 is 0 Å². The van der Waals surface area contributed by atoms with Gasteiger partial charge in [0, 0.05) is 19.5 Å². The van der Waals surface area contributed by atoms with E-state index in [1.165, 1.54) is 13.8 Å². The summed E-state index contributed by atoms with van der Waals surface area (Å²) in [6, 6.07) is 0. The minimum Gasteiger partial charge on any atom is -0.519 e. The van der Waals surface area contributed by atoms with Crippen molar-refractivity contribution in [1.29, 1.82) is 0 Å². The SMILES string of the molecule is CC(=O)O[Si](C[Si](OC(C)=O)(C(C)C)C(C)C)(C(C)C)C(C)C. The second-order valence-electron chi connectivity index (χ2n) is 7.89. The standard InChI is InChI=1S/C17H36O4Si2/c1-12(2)22(13(3)4,20-16(9)18)11-23(14(5)6,15(7)8)21-17(10)19/h12-15H,11H2,1-10H3. The van der Waals surface area contributed by atoms with Gasteiger partial charge in [0.25, 0.3) is 28.6 Å². The van der Waals surface area contributed by atoms with Crippen LogP contribution in [-0.2, 0) is 18.4 Å². The highest BCUT2D eigenvalue weighted by Crippen LogP contribution is 2.47. The van der Waals surface area contributed by atoms with E-state index in [1.807, 2.05) is 0 Å². The van der Waals surface area contributed by atoms with Crippen LogP contribution in [0.25, 0.3) is 0 Å². The summed E-state index contributed by atoms with van der Waals surface area (Å²) in [7, 11) is -4.81. The summed E-state index contributed by atoms with van der Waals surface area (Å²) in [5, 5.41) is 0. The summed E-state index contributed by atoms with van der Waals surface area (Å²) < 4.78 is 12.1. The predicted octanol–water partition coefficient (Wildman–Crippen LogP) is 5.18. The van der Waals surface area contributed by atoms with Crippen molar-refractivity contribution in [1.82, 2.24) is 0 Å². The van der Waals surface area contributed by atoms with E-state index >= 15 is 0 Å². The third kappa shape index (κ3) is 5.17. The maximum absolute atomic E-state index is 11.8. The smallest absolute Gasteiger partial charge is 0.289 e. The van der Waals surface area contributed by atoms with Crippen LogP contribution >= 0.6 is 0 Å². The number of carbonyl (C=O) groups is 2. The maximum atomic E-state index is 11.8. The fraction of sp³-hybridized carbons (Fsp3) is 0.882. The van der Waals surface area contributed by atoms with E-state index in [-0.39, 0.29) is 34.1 Å². The topological polar surface area (TPSA) is 52.6 Å². The number of carbonyl (C=O) groups excluding carboxylic acids is 2. The quantitative estimate of drug-likeness (QED) is 0.559. The van der Waals surface area contributed by atoms with E-state index < -0.39 is 16.6 Å². The van der Waals surface area contributed by atoms with Gasteiger partial charge in [0.1, 0.15) is 0 Å². The summed E-state index contributed by atoms with van der Waals surface area (Å²) in [5.74, 6) is -0.422. The Morgan fingerprint density at radius 1 is 0.652 bits per heavy atom. The molecule has 0 aromatic heterocycles. The maximum Gasteiger partial charge on any atom is 0.289 e. The second kappa shape index (κ2) is 8.47. The Morgan fingerprint density at radius 3 is 1.00 bits per heavy atom. The van der Waals surface area contributed by atoms with Crippen LogP contribution in [0.2, 0.25) is 27.8 Å². The largest absolute Gasteiger partial charge is 0.519 e. The van der Waals surface area contributed by atoms with E-state index in [1.54, 1.807) is 0 Å². The molecule has 0 unspecified atom stereocenters. The molecule has 0 saturated carbocycles. The first-order chi connectivity index (χ1) is 10.3. The molecule has 4 nitrogen and oxygen atoms in total. The highest BCUT2D eigenvalue weighted by atomic mass is 28.4. The van der Waals surface area contributed by atoms with E-state index in [9.17, 15) is 9.59 Å². The third-order valence-corrected chi connectivity index (χ3v) is 18.7. The Kier molecular flexibility index (Phi) is 8.23. The molecule has 0 bridgehead atoms. The third-order valence-electron chi connectivity index (χ3n) is 5.13. The first-order valence-electron chi connectivity index (χ1n) is 8.71. The summed E-state index contributed by atoms with van der Waals surface area (Å²) in [5.41, 5.74) is 1.92. The van der Waals surface area contributed by atoms with Crippen LogP contribution in [0.5, 0.6) is 0 Å². The summed E-state index contributed by atoms with van der Waals surface area (Å²) in [4.78, 5) is 23.7. The van der Waals surface area contributed by atoms with Gasteiger partial charge in [-0.05, 0) is 22.2 Å². The lowest BCUT2D eigenvalue weighted by molar-refractivity contribution is -0.133. The van der Waals surface area contributed by atoms with Crippen molar-refractivity contribution in [2.75, 3.05) is 0 Å². The molecular formula is C17H36O4Si2. The minimum atomic E-state index is -2.41. The summed E-state index contributed by atoms with van der Waals surface area (Å²) in [6.07, 6.45) is 0. The fourth-order valence-corrected chi connectivity index (χ4v) is 18.9. The van der Waals surface area contributed by atoms with Gasteiger partial charge in [0.2, 0.25) is 0 Å². The lowest BCUT2D eigenvalue weighted by Crippen LogP contribution is -2.58. The van der Waals surface area contributed by atoms with Gasteiger partial charge in [-0.25, -0.2) is 0 Å². The number of hydrogen-bond acceptors (Lipinski definition) is 4. The lowest BCUT2D eigenvalue weighted by atomic mass is 10.5. The fourth-order valence-electron chi connectivity index (χ4n) is 3.66. The van der Waals surface area contributed by atoms with Crippen LogP contribution < -0.4 is 0 Å². The zero-order valence-electron chi connectivity index (χ0n) is 16.6. The van der Waals surface area contributed by atoms with E-state index in [0.717, 1.165) is 5.67 Å². The van der Waals surface area contributed by atoms with Crippen LogP contribution in [0.4, 0.5) is 0 Å². The summed E-state index contributed by atoms with van der Waals surface area (Å²) >= 11 is 0. The van der Waals surface area contributed by atoms with Crippen LogP contribution in [0.3, 0.4) is 0 Å². The molecule has 0 N–H and O–H groups in total. The van der Waals surface area contributed by atoms with Gasteiger partial charge in [0.05, 0.1) is 0 Å². The molecule has 0 saturated heterocycles. The monoisotopic (exact) mass is 360 g/mol. The Balaban J connectivity index is 6.13. The molecule has 136 valence electrons. The average molecular weight is 361 g/mol. The van der Waals surface area contributed by atoms with Crippen LogP contribution in [0, 0.1) is 0 Å². The number of hydrogen-bond donors (Lipinski definition) is 0. The second-order valence-corrected chi connectivity index (χ2v) is 18.2. The van der Waals surface area contributed by atoms with Gasteiger partial charge in [-0.15, -0.1) is 0 Å². The molecule has 0 radical (unpaired) electrons. The molecule has 0 aromatic carbocycles. The van der Waals surface area contributed by atoms with E-state index in [2.05, 4.69) is 55.4 Å². The van der Waals surface area contributed by atoms with Gasteiger partial charge < -0.3 is 8.85 Å². The predicted molar refractivity (Wildman–Crippen MR) is 100 cm³/mol. The van der Waals surface area contributed by atoms with Gasteiger partial charge in [-0.1, -0.05) is 55.4 Å². The zero-order valence-corrected chi connectivity index (χ0v) is 18.6. The lowest BCUT2D eigenvalue weighted by Gasteiger charge is -2.46. The molecule has 0 aliphatic heterocycles. The van der Waals surface area contributed by atoms with Crippen molar-refractivity contribution >= 4 is 28.6 Å². The minimum absolute atomic E-state index is 0.211. The highest BCUT2D eigenvalue weighted by molar-refractivity contribution is 6.95. The van der Waals surface area contributed by atoms with E-state index in [4.69, 9.17) is 8.85 Å². The normalized spacial score (nSPS) is 13.1. The zero-order chi connectivity index (χ0) is 18.6. The van der Waals surface area contributed by atoms with Crippen LogP contribution in [0.1, 0.15) is 69.2 Å². The van der Waals surface area contributed by atoms with Crippen molar-refractivity contribution in [3.63, 3.8) is 0 Å². The first-order valence-corrected chi connectivity index (χ1v) is 13.2. The molecule has 0 aliphatic rings. The Hall–Kier alpha value is -0.626. The van der Waals surface area contributed by atoms with Crippen molar-refractivity contribution in [2.45, 2.75) is 97.1 Å². The highest BCUT2D eigenvalue weighted by Gasteiger charge is 2.57. The van der Waals surface area contributed by atoms with Crippen LogP contribution in [-0.4, -0.2) is 28.6 Å². The Bertz CT molecular complexity index is 363. The molecule has 23 heavy (non-hydrogen) atoms. The molecule has 0 amide bonds. The van der Waals surface area contributed by atoms with Crippen molar-refractivity contribution in [3.8, 4) is 0 Å². The molecule has 0 rings (SSSR count). The van der Waals surface area contributed by atoms with E-state index in [0.29, 0.717) is 0 Å². The van der Waals surface area contributed by atoms with Gasteiger partial charge in [0.15, 0.2) is 0 Å². The molecular weight excluding hydrogens is 324 g/mol. The molecule has 0 fully saturated rings. The molecule has 0 atom stereocenters. The molecule has 0 spiro atoms.